The Bertz CT molecular complexity index is 1340. The molecule has 0 spiro atoms. The van der Waals surface area contributed by atoms with Crippen molar-refractivity contribution in [2.24, 2.45) is 7.05 Å². The Kier molecular flexibility index (Phi) is 11.2. The highest BCUT2D eigenvalue weighted by Crippen LogP contribution is 2.38. The van der Waals surface area contributed by atoms with Gasteiger partial charge in [0.05, 0.1) is 39.8 Å². The number of hydrogen-bond acceptors (Lipinski definition) is 9. The topological polar surface area (TPSA) is 119 Å². The van der Waals surface area contributed by atoms with E-state index in [9.17, 15) is 14.4 Å². The van der Waals surface area contributed by atoms with E-state index in [1.807, 2.05) is 0 Å². The van der Waals surface area contributed by atoms with Crippen molar-refractivity contribution in [2.45, 2.75) is 33.4 Å². The molecule has 0 aliphatic carbocycles. The third-order valence-corrected chi connectivity index (χ3v) is 6.32. The van der Waals surface area contributed by atoms with Crippen LogP contribution in [0.1, 0.15) is 30.6 Å². The third kappa shape index (κ3) is 6.30. The zero-order chi connectivity index (χ0) is 27.1. The number of rotatable bonds is 13. The van der Waals surface area contributed by atoms with Crippen LogP contribution in [-0.2, 0) is 24.9 Å². The van der Waals surface area contributed by atoms with E-state index in [-0.39, 0.29) is 31.1 Å². The lowest BCUT2D eigenvalue weighted by Gasteiger charge is -2.17. The molecule has 0 N–H and O–H groups in total. The molecule has 2 aromatic heterocycles. The molecule has 0 saturated heterocycles. The molecule has 0 atom stereocenters. The Hall–Kier alpha value is -3.51. The molecule has 38 heavy (non-hydrogen) atoms. The molecular formula is C25H36ClN5O7. The first-order chi connectivity index (χ1) is 17.8. The quantitative estimate of drug-likeness (QED) is 0.292. The SMILES string of the molecule is CCN(CC)CCCn1cnc2c1c(=O)n(CCOC(=O)c1cc(OC)c(OC)c(OC)c1)c(=O)n2C.Cl. The van der Waals surface area contributed by atoms with E-state index >= 15 is 0 Å². The van der Waals surface area contributed by atoms with Crippen LogP contribution in [0.25, 0.3) is 11.2 Å². The normalized spacial score (nSPS) is 10.9. The van der Waals surface area contributed by atoms with Gasteiger partial charge in [0.15, 0.2) is 22.7 Å². The van der Waals surface area contributed by atoms with Crippen LogP contribution in [0.4, 0.5) is 0 Å². The first-order valence-electron chi connectivity index (χ1n) is 12.1. The first kappa shape index (κ1) is 30.7. The molecule has 0 unspecified atom stereocenters. The summed E-state index contributed by atoms with van der Waals surface area (Å²) in [4.78, 5) is 45.4. The first-order valence-corrected chi connectivity index (χ1v) is 12.1. The molecule has 210 valence electrons. The molecule has 12 nitrogen and oxygen atoms in total. The fourth-order valence-corrected chi connectivity index (χ4v) is 4.21. The van der Waals surface area contributed by atoms with Crippen molar-refractivity contribution in [1.29, 1.82) is 0 Å². The van der Waals surface area contributed by atoms with Crippen molar-refractivity contribution in [3.8, 4) is 17.2 Å². The Morgan fingerprint density at radius 2 is 1.63 bits per heavy atom. The Balaban J connectivity index is 0.00000507. The second-order valence-corrected chi connectivity index (χ2v) is 8.34. The Labute approximate surface area is 227 Å². The van der Waals surface area contributed by atoms with Crippen molar-refractivity contribution in [3.05, 3.63) is 44.9 Å². The van der Waals surface area contributed by atoms with Crippen molar-refractivity contribution < 1.29 is 23.7 Å². The van der Waals surface area contributed by atoms with Gasteiger partial charge in [0, 0.05) is 13.6 Å². The monoisotopic (exact) mass is 553 g/mol. The molecule has 0 amide bonds. The average molecular weight is 554 g/mol. The predicted molar refractivity (Wildman–Crippen MR) is 145 cm³/mol. The number of methoxy groups -OCH3 is 3. The summed E-state index contributed by atoms with van der Waals surface area (Å²) in [5.74, 6) is 0.294. The van der Waals surface area contributed by atoms with Crippen molar-refractivity contribution in [3.63, 3.8) is 0 Å². The zero-order valence-electron chi connectivity index (χ0n) is 22.7. The van der Waals surface area contributed by atoms with Crippen LogP contribution in [0.15, 0.2) is 28.0 Å². The van der Waals surface area contributed by atoms with Gasteiger partial charge in [-0.2, -0.15) is 0 Å². The van der Waals surface area contributed by atoms with Crippen LogP contribution in [0.5, 0.6) is 17.2 Å². The minimum absolute atomic E-state index is 0. The molecule has 0 saturated carbocycles. The molecule has 0 aliphatic heterocycles. The summed E-state index contributed by atoms with van der Waals surface area (Å²) < 4.78 is 25.4. The maximum absolute atomic E-state index is 13.3. The van der Waals surface area contributed by atoms with Gasteiger partial charge in [0.2, 0.25) is 5.75 Å². The van der Waals surface area contributed by atoms with Crippen LogP contribution >= 0.6 is 12.4 Å². The highest BCUT2D eigenvalue weighted by atomic mass is 35.5. The van der Waals surface area contributed by atoms with Crippen LogP contribution in [0.3, 0.4) is 0 Å². The molecule has 0 bridgehead atoms. The minimum Gasteiger partial charge on any atom is -0.493 e. The molecule has 3 aromatic rings. The van der Waals surface area contributed by atoms with Gasteiger partial charge in [-0.25, -0.2) is 14.6 Å². The van der Waals surface area contributed by atoms with Gasteiger partial charge in [0.1, 0.15) is 6.61 Å². The number of ether oxygens (including phenoxy) is 4. The van der Waals surface area contributed by atoms with Gasteiger partial charge in [-0.1, -0.05) is 13.8 Å². The standard InChI is InChI=1S/C25H35N5O7.ClH/c1-7-28(8-2)10-9-11-29-16-26-22-20(29)23(31)30(25(33)27(22)3)12-13-37-24(32)17-14-18(34-4)21(36-6)19(15-17)35-5;/h14-16H,7-13H2,1-6H3;1H. The number of benzene rings is 1. The number of esters is 1. The number of halogens is 1. The molecule has 0 radical (unpaired) electrons. The number of imidazole rings is 1. The van der Waals surface area contributed by atoms with E-state index in [0.29, 0.717) is 35.0 Å². The second kappa shape index (κ2) is 13.9. The van der Waals surface area contributed by atoms with Gasteiger partial charge >= 0.3 is 11.7 Å². The zero-order valence-corrected chi connectivity index (χ0v) is 23.5. The van der Waals surface area contributed by atoms with E-state index in [4.69, 9.17) is 18.9 Å². The van der Waals surface area contributed by atoms with Gasteiger partial charge in [0.25, 0.3) is 5.56 Å². The summed E-state index contributed by atoms with van der Waals surface area (Å²) in [7, 11) is 5.92. The number of aryl methyl sites for hydroxylation is 2. The molecule has 3 rings (SSSR count). The lowest BCUT2D eigenvalue weighted by molar-refractivity contribution is 0.0487. The summed E-state index contributed by atoms with van der Waals surface area (Å²) in [6.45, 7) is 7.32. The number of aromatic nitrogens is 4. The highest BCUT2D eigenvalue weighted by Gasteiger charge is 2.19. The molecule has 0 fully saturated rings. The lowest BCUT2D eigenvalue weighted by Crippen LogP contribution is -2.40. The van der Waals surface area contributed by atoms with Crippen molar-refractivity contribution >= 4 is 29.5 Å². The summed E-state index contributed by atoms with van der Waals surface area (Å²) in [5, 5.41) is 0. The van der Waals surface area contributed by atoms with Gasteiger partial charge in [-0.15, -0.1) is 12.4 Å². The largest absolute Gasteiger partial charge is 0.493 e. The van der Waals surface area contributed by atoms with Crippen LogP contribution < -0.4 is 25.5 Å². The minimum atomic E-state index is -0.661. The Morgan fingerprint density at radius 3 is 2.18 bits per heavy atom. The van der Waals surface area contributed by atoms with Crippen LogP contribution in [0, 0.1) is 0 Å². The fraction of sp³-hybridized carbons (Fsp3) is 0.520. The highest BCUT2D eigenvalue weighted by molar-refractivity contribution is 5.91. The maximum atomic E-state index is 13.3. The number of nitrogens with zero attached hydrogens (tertiary/aromatic N) is 5. The van der Waals surface area contributed by atoms with E-state index in [0.717, 1.165) is 30.6 Å². The fourth-order valence-electron chi connectivity index (χ4n) is 4.21. The number of carbonyl (C=O) groups is 1. The van der Waals surface area contributed by atoms with E-state index < -0.39 is 17.2 Å². The molecule has 2 heterocycles. The predicted octanol–water partition coefficient (Wildman–Crippen LogP) is 1.93. The number of fused-ring (bicyclic) bond motifs is 1. The van der Waals surface area contributed by atoms with Gasteiger partial charge in [-0.3, -0.25) is 13.9 Å². The summed E-state index contributed by atoms with van der Waals surface area (Å²) >= 11 is 0. The molecule has 0 aliphatic rings. The summed E-state index contributed by atoms with van der Waals surface area (Å²) in [5.41, 5.74) is -0.158. The summed E-state index contributed by atoms with van der Waals surface area (Å²) in [6.07, 6.45) is 2.42. The molecule has 1 aromatic carbocycles. The smallest absolute Gasteiger partial charge is 0.338 e. The van der Waals surface area contributed by atoms with E-state index in [1.54, 1.807) is 17.9 Å². The summed E-state index contributed by atoms with van der Waals surface area (Å²) in [6, 6.07) is 2.94. The van der Waals surface area contributed by atoms with Crippen LogP contribution in [0.2, 0.25) is 0 Å². The molecular weight excluding hydrogens is 518 g/mol. The van der Waals surface area contributed by atoms with Crippen LogP contribution in [-0.4, -0.2) is 77.1 Å². The van der Waals surface area contributed by atoms with Crippen molar-refractivity contribution in [2.75, 3.05) is 47.6 Å². The number of carbonyl (C=O) groups excluding carboxylic acids is 1. The van der Waals surface area contributed by atoms with E-state index in [1.165, 1.54) is 38.0 Å². The average Bonchev–Trinajstić information content (AvgIpc) is 3.34. The van der Waals surface area contributed by atoms with Crippen molar-refractivity contribution in [1.82, 2.24) is 23.6 Å². The maximum Gasteiger partial charge on any atom is 0.338 e. The third-order valence-electron chi connectivity index (χ3n) is 6.32. The molecule has 13 heteroatoms. The second-order valence-electron chi connectivity index (χ2n) is 8.34. The number of hydrogen-bond donors (Lipinski definition) is 0. The van der Waals surface area contributed by atoms with Gasteiger partial charge < -0.3 is 28.4 Å². The van der Waals surface area contributed by atoms with Gasteiger partial charge in [-0.05, 0) is 38.2 Å². The lowest BCUT2D eigenvalue weighted by atomic mass is 10.2. The Morgan fingerprint density at radius 1 is 1.00 bits per heavy atom. The van der Waals surface area contributed by atoms with E-state index in [2.05, 4.69) is 23.7 Å².